The number of thioether (sulfide) groups is 1. The summed E-state index contributed by atoms with van der Waals surface area (Å²) in [5, 5.41) is 3.00. The molecule has 1 saturated carbocycles. The molecule has 1 amide bonds. The topological polar surface area (TPSA) is 38.3 Å². The summed E-state index contributed by atoms with van der Waals surface area (Å²) in [6, 6.07) is 5.40. The molecule has 0 unspecified atom stereocenters. The van der Waals surface area contributed by atoms with Crippen molar-refractivity contribution in [1.29, 1.82) is 0 Å². The van der Waals surface area contributed by atoms with Gasteiger partial charge in [-0.2, -0.15) is 11.8 Å². The van der Waals surface area contributed by atoms with Crippen LogP contribution in [0.5, 0.6) is 5.75 Å². The number of amides is 1. The van der Waals surface area contributed by atoms with Gasteiger partial charge in [0, 0.05) is 15.8 Å². The molecule has 1 aliphatic carbocycles. The van der Waals surface area contributed by atoms with Gasteiger partial charge in [0.15, 0.2) is 0 Å². The molecular weight excluding hydrogens is 314 g/mol. The minimum atomic E-state index is -0.0545. The van der Waals surface area contributed by atoms with Crippen LogP contribution in [0.25, 0.3) is 0 Å². The Balaban J connectivity index is 2.04. The van der Waals surface area contributed by atoms with Gasteiger partial charge in [-0.1, -0.05) is 0 Å². The van der Waals surface area contributed by atoms with E-state index >= 15 is 0 Å². The average molecular weight is 330 g/mol. The molecule has 1 aliphatic rings. The third-order valence-electron chi connectivity index (χ3n) is 3.23. The van der Waals surface area contributed by atoms with Gasteiger partial charge < -0.3 is 10.1 Å². The summed E-state index contributed by atoms with van der Waals surface area (Å²) in [5.74, 6) is 0.635. The van der Waals surface area contributed by atoms with Gasteiger partial charge in [-0.3, -0.25) is 4.79 Å². The van der Waals surface area contributed by atoms with Crippen LogP contribution in [-0.2, 0) is 0 Å². The van der Waals surface area contributed by atoms with Crippen LogP contribution in [-0.4, -0.2) is 30.6 Å². The number of hydrogen-bond donors (Lipinski definition) is 1. The maximum absolute atomic E-state index is 12.1. The van der Waals surface area contributed by atoms with Crippen molar-refractivity contribution in [3.63, 3.8) is 0 Å². The molecule has 0 spiro atoms. The summed E-state index contributed by atoms with van der Waals surface area (Å²) in [6.07, 6.45) is 4.47. The predicted octanol–water partition coefficient (Wildman–Crippen LogP) is 3.08. The second-order valence-corrected chi connectivity index (χ2v) is 6.54. The fraction of sp³-hybridized carbons (Fsp3) is 0.462. The number of nitrogens with one attached hydrogen (secondary N) is 1. The molecule has 0 aliphatic heterocycles. The zero-order valence-electron chi connectivity index (χ0n) is 10.5. The minimum Gasteiger partial charge on any atom is -0.497 e. The Morgan fingerprint density at radius 3 is 2.83 bits per heavy atom. The standard InChI is InChI=1S/C13H16BrNO2S/c1-17-9-3-4-11(14)10(7-9)12(16)15-8-13(18-2)5-6-13/h3-4,7H,5-6,8H2,1-2H3,(H,15,16). The van der Waals surface area contributed by atoms with Crippen LogP contribution in [0.15, 0.2) is 22.7 Å². The fourth-order valence-corrected chi connectivity index (χ4v) is 2.89. The fourth-order valence-electron chi connectivity index (χ4n) is 1.73. The molecule has 0 aromatic heterocycles. The Morgan fingerprint density at radius 1 is 1.56 bits per heavy atom. The molecule has 0 radical (unpaired) electrons. The van der Waals surface area contributed by atoms with Gasteiger partial charge in [-0.15, -0.1) is 0 Å². The zero-order chi connectivity index (χ0) is 13.2. The largest absolute Gasteiger partial charge is 0.497 e. The molecule has 98 valence electrons. The molecule has 1 aromatic rings. The summed E-state index contributed by atoms with van der Waals surface area (Å²) < 4.78 is 6.20. The Morgan fingerprint density at radius 2 is 2.28 bits per heavy atom. The van der Waals surface area contributed by atoms with E-state index in [0.717, 1.165) is 11.0 Å². The lowest BCUT2D eigenvalue weighted by molar-refractivity contribution is 0.0952. The van der Waals surface area contributed by atoms with Crippen molar-refractivity contribution in [2.75, 3.05) is 19.9 Å². The Hall–Kier alpha value is -0.680. The first-order chi connectivity index (χ1) is 8.60. The van der Waals surface area contributed by atoms with Crippen molar-refractivity contribution >= 4 is 33.6 Å². The minimum absolute atomic E-state index is 0.0545. The molecule has 3 nitrogen and oxygen atoms in total. The van der Waals surface area contributed by atoms with Crippen molar-refractivity contribution in [1.82, 2.24) is 5.32 Å². The molecule has 2 rings (SSSR count). The van der Waals surface area contributed by atoms with E-state index in [4.69, 9.17) is 4.74 Å². The smallest absolute Gasteiger partial charge is 0.252 e. The highest BCUT2D eigenvalue weighted by Crippen LogP contribution is 2.46. The first-order valence-corrected chi connectivity index (χ1v) is 7.79. The van der Waals surface area contributed by atoms with E-state index < -0.39 is 0 Å². The third-order valence-corrected chi connectivity index (χ3v) is 5.34. The van der Waals surface area contributed by atoms with E-state index in [1.165, 1.54) is 12.8 Å². The second-order valence-electron chi connectivity index (χ2n) is 4.42. The quantitative estimate of drug-likeness (QED) is 0.902. The lowest BCUT2D eigenvalue weighted by Crippen LogP contribution is -2.31. The highest BCUT2D eigenvalue weighted by Gasteiger charge is 2.42. The van der Waals surface area contributed by atoms with Gasteiger partial charge in [0.1, 0.15) is 5.75 Å². The van der Waals surface area contributed by atoms with Crippen LogP contribution in [0.1, 0.15) is 23.2 Å². The van der Waals surface area contributed by atoms with Gasteiger partial charge >= 0.3 is 0 Å². The van der Waals surface area contributed by atoms with Crippen molar-refractivity contribution in [2.45, 2.75) is 17.6 Å². The van der Waals surface area contributed by atoms with E-state index in [1.54, 1.807) is 13.2 Å². The number of methoxy groups -OCH3 is 1. The van der Waals surface area contributed by atoms with Crippen molar-refractivity contribution < 1.29 is 9.53 Å². The van der Waals surface area contributed by atoms with Crippen LogP contribution in [0, 0.1) is 0 Å². The van der Waals surface area contributed by atoms with E-state index in [2.05, 4.69) is 27.5 Å². The maximum Gasteiger partial charge on any atom is 0.252 e. The molecule has 0 atom stereocenters. The normalized spacial score (nSPS) is 16.2. The van der Waals surface area contributed by atoms with Crippen molar-refractivity contribution in [3.8, 4) is 5.75 Å². The summed E-state index contributed by atoms with van der Waals surface area (Å²) in [7, 11) is 1.60. The summed E-state index contributed by atoms with van der Waals surface area (Å²) in [6.45, 7) is 0.733. The number of rotatable bonds is 5. The van der Waals surface area contributed by atoms with Crippen LogP contribution >= 0.6 is 27.7 Å². The molecule has 0 heterocycles. The zero-order valence-corrected chi connectivity index (χ0v) is 12.9. The predicted molar refractivity (Wildman–Crippen MR) is 78.5 cm³/mol. The molecule has 18 heavy (non-hydrogen) atoms. The highest BCUT2D eigenvalue weighted by atomic mass is 79.9. The molecule has 0 saturated heterocycles. The number of hydrogen-bond acceptors (Lipinski definition) is 3. The molecule has 5 heteroatoms. The van der Waals surface area contributed by atoms with E-state index in [0.29, 0.717) is 11.3 Å². The molecule has 1 fully saturated rings. The van der Waals surface area contributed by atoms with E-state index in [-0.39, 0.29) is 10.7 Å². The number of carbonyl (C=O) groups excluding carboxylic acids is 1. The van der Waals surface area contributed by atoms with Crippen LogP contribution in [0.4, 0.5) is 0 Å². The van der Waals surface area contributed by atoms with E-state index in [9.17, 15) is 4.79 Å². The number of ether oxygens (including phenoxy) is 1. The Bertz CT molecular complexity index is 460. The lowest BCUT2D eigenvalue weighted by Gasteiger charge is -2.14. The van der Waals surface area contributed by atoms with Crippen LogP contribution < -0.4 is 10.1 Å². The number of benzene rings is 1. The first kappa shape index (κ1) is 13.7. The molecule has 1 aromatic carbocycles. The van der Waals surface area contributed by atoms with Gasteiger partial charge in [0.2, 0.25) is 0 Å². The summed E-state index contributed by atoms with van der Waals surface area (Å²) in [5.41, 5.74) is 0.617. The molecular formula is C13H16BrNO2S. The first-order valence-electron chi connectivity index (χ1n) is 5.77. The Kier molecular flexibility index (Phi) is 4.22. The second kappa shape index (κ2) is 5.53. The van der Waals surface area contributed by atoms with Crippen LogP contribution in [0.3, 0.4) is 0 Å². The Labute approximate surface area is 120 Å². The average Bonchev–Trinajstić information content (AvgIpc) is 3.17. The monoisotopic (exact) mass is 329 g/mol. The van der Waals surface area contributed by atoms with Crippen molar-refractivity contribution in [2.24, 2.45) is 0 Å². The third kappa shape index (κ3) is 3.01. The van der Waals surface area contributed by atoms with Gasteiger partial charge in [0.05, 0.1) is 12.7 Å². The molecule has 1 N–H and O–H groups in total. The van der Waals surface area contributed by atoms with Crippen LogP contribution in [0.2, 0.25) is 0 Å². The van der Waals surface area contributed by atoms with E-state index in [1.807, 2.05) is 23.9 Å². The van der Waals surface area contributed by atoms with Gasteiger partial charge in [-0.05, 0) is 53.2 Å². The number of halogens is 1. The summed E-state index contributed by atoms with van der Waals surface area (Å²) in [4.78, 5) is 12.1. The van der Waals surface area contributed by atoms with Crippen molar-refractivity contribution in [3.05, 3.63) is 28.2 Å². The highest BCUT2D eigenvalue weighted by molar-refractivity contribution is 9.10. The SMILES string of the molecule is COc1ccc(Br)c(C(=O)NCC2(SC)CC2)c1. The van der Waals surface area contributed by atoms with Gasteiger partial charge in [0.25, 0.3) is 5.91 Å². The molecule has 0 bridgehead atoms. The lowest BCUT2D eigenvalue weighted by atomic mass is 10.2. The van der Waals surface area contributed by atoms with Gasteiger partial charge in [-0.25, -0.2) is 0 Å². The summed E-state index contributed by atoms with van der Waals surface area (Å²) >= 11 is 5.23. The maximum atomic E-state index is 12.1. The number of carbonyl (C=O) groups is 1.